The molecule has 1 rings (SSSR count). The van der Waals surface area contributed by atoms with Crippen molar-refractivity contribution in [2.75, 3.05) is 13.6 Å². The van der Waals surface area contributed by atoms with Crippen molar-refractivity contribution in [3.63, 3.8) is 0 Å². The van der Waals surface area contributed by atoms with Crippen LogP contribution in [0.25, 0.3) is 0 Å². The minimum absolute atomic E-state index is 0.449. The zero-order valence-corrected chi connectivity index (χ0v) is 7.47. The highest BCUT2D eigenvalue weighted by Crippen LogP contribution is 2.21. The summed E-state index contributed by atoms with van der Waals surface area (Å²) < 4.78 is 0. The van der Waals surface area contributed by atoms with Crippen molar-refractivity contribution in [3.8, 4) is 0 Å². The first-order chi connectivity index (χ1) is 5.34. The Labute approximate surface area is 69.5 Å². The van der Waals surface area contributed by atoms with Crippen LogP contribution in [0.3, 0.4) is 0 Å². The Morgan fingerprint density at radius 2 is 2.00 bits per heavy atom. The van der Waals surface area contributed by atoms with Gasteiger partial charge < -0.3 is 11.1 Å². The van der Waals surface area contributed by atoms with E-state index in [2.05, 4.69) is 5.32 Å². The second kappa shape index (κ2) is 4.73. The van der Waals surface area contributed by atoms with E-state index in [1.807, 2.05) is 7.05 Å². The predicted molar refractivity (Wildman–Crippen MR) is 48.5 cm³/mol. The Bertz CT molecular complexity index is 104. The molecule has 0 spiro atoms. The van der Waals surface area contributed by atoms with Crippen LogP contribution in [0.4, 0.5) is 0 Å². The van der Waals surface area contributed by atoms with Crippen molar-refractivity contribution in [2.45, 2.75) is 38.1 Å². The zero-order chi connectivity index (χ0) is 8.10. The normalized spacial score (nSPS) is 33.3. The molecule has 0 amide bonds. The maximum Gasteiger partial charge on any atom is 0.00792 e. The zero-order valence-electron chi connectivity index (χ0n) is 7.47. The number of nitrogens with one attached hydrogen (secondary N) is 1. The van der Waals surface area contributed by atoms with Gasteiger partial charge in [-0.25, -0.2) is 0 Å². The molecule has 0 aromatic rings. The lowest BCUT2D eigenvalue weighted by Gasteiger charge is -2.20. The van der Waals surface area contributed by atoms with Gasteiger partial charge in [0.15, 0.2) is 0 Å². The fourth-order valence-corrected chi connectivity index (χ4v) is 1.93. The Hall–Kier alpha value is -0.0800. The summed E-state index contributed by atoms with van der Waals surface area (Å²) in [4.78, 5) is 0. The van der Waals surface area contributed by atoms with Crippen LogP contribution in [0.5, 0.6) is 0 Å². The van der Waals surface area contributed by atoms with Crippen LogP contribution >= 0.6 is 0 Å². The molecule has 2 nitrogen and oxygen atoms in total. The molecule has 66 valence electrons. The van der Waals surface area contributed by atoms with Gasteiger partial charge in [-0.15, -0.1) is 0 Å². The average molecular weight is 156 g/mol. The van der Waals surface area contributed by atoms with Gasteiger partial charge in [-0.3, -0.25) is 0 Å². The first kappa shape index (κ1) is 9.01. The van der Waals surface area contributed by atoms with Crippen LogP contribution in [0.15, 0.2) is 0 Å². The van der Waals surface area contributed by atoms with E-state index in [0.29, 0.717) is 6.04 Å². The largest absolute Gasteiger partial charge is 0.327 e. The summed E-state index contributed by atoms with van der Waals surface area (Å²) >= 11 is 0. The van der Waals surface area contributed by atoms with Crippen LogP contribution < -0.4 is 11.1 Å². The minimum Gasteiger partial charge on any atom is -0.327 e. The Balaban J connectivity index is 2.32. The molecule has 3 N–H and O–H groups in total. The molecule has 1 saturated carbocycles. The van der Waals surface area contributed by atoms with Crippen molar-refractivity contribution >= 4 is 0 Å². The van der Waals surface area contributed by atoms with Crippen LogP contribution in [-0.2, 0) is 0 Å². The fourth-order valence-electron chi connectivity index (χ4n) is 1.93. The van der Waals surface area contributed by atoms with Crippen LogP contribution in [0.1, 0.15) is 32.1 Å². The highest BCUT2D eigenvalue weighted by atomic mass is 14.8. The number of rotatable bonds is 2. The van der Waals surface area contributed by atoms with Gasteiger partial charge in [0.1, 0.15) is 0 Å². The number of hydrogen-bond acceptors (Lipinski definition) is 2. The summed E-state index contributed by atoms with van der Waals surface area (Å²) in [6.07, 6.45) is 6.64. The molecule has 0 saturated heterocycles. The van der Waals surface area contributed by atoms with Crippen molar-refractivity contribution in [2.24, 2.45) is 11.7 Å². The molecule has 11 heavy (non-hydrogen) atoms. The molecule has 0 heterocycles. The van der Waals surface area contributed by atoms with Gasteiger partial charge in [0, 0.05) is 6.04 Å². The maximum absolute atomic E-state index is 6.03. The molecule has 0 aromatic heterocycles. The van der Waals surface area contributed by atoms with Crippen LogP contribution in [0.2, 0.25) is 0 Å². The minimum atomic E-state index is 0.449. The standard InChI is InChI=1S/C9H20N2/c1-11-7-8-5-3-2-4-6-9(8)10/h8-9,11H,2-7,10H2,1H3. The van der Waals surface area contributed by atoms with Gasteiger partial charge in [-0.2, -0.15) is 0 Å². The van der Waals surface area contributed by atoms with Crippen LogP contribution in [-0.4, -0.2) is 19.6 Å². The van der Waals surface area contributed by atoms with Crippen molar-refractivity contribution in [1.29, 1.82) is 0 Å². The van der Waals surface area contributed by atoms with Crippen LogP contribution in [0, 0.1) is 5.92 Å². The molecule has 2 atom stereocenters. The van der Waals surface area contributed by atoms with Gasteiger partial charge in [-0.05, 0) is 32.4 Å². The Morgan fingerprint density at radius 3 is 2.73 bits per heavy atom. The second-order valence-corrected chi connectivity index (χ2v) is 3.62. The fraction of sp³-hybridized carbons (Fsp3) is 1.00. The van der Waals surface area contributed by atoms with E-state index < -0.39 is 0 Å². The quantitative estimate of drug-likeness (QED) is 0.588. The lowest BCUT2D eigenvalue weighted by molar-refractivity contribution is 0.385. The maximum atomic E-state index is 6.03. The molecule has 2 heteroatoms. The van der Waals surface area contributed by atoms with Gasteiger partial charge in [0.05, 0.1) is 0 Å². The third kappa shape index (κ3) is 2.80. The van der Waals surface area contributed by atoms with Gasteiger partial charge in [0.25, 0.3) is 0 Å². The van der Waals surface area contributed by atoms with Gasteiger partial charge in [-0.1, -0.05) is 19.3 Å². The molecule has 0 bridgehead atoms. The van der Waals surface area contributed by atoms with E-state index in [9.17, 15) is 0 Å². The first-order valence-corrected chi connectivity index (χ1v) is 4.74. The smallest absolute Gasteiger partial charge is 0.00792 e. The third-order valence-corrected chi connectivity index (χ3v) is 2.68. The lowest BCUT2D eigenvalue weighted by Crippen LogP contribution is -2.35. The van der Waals surface area contributed by atoms with Crippen molar-refractivity contribution in [3.05, 3.63) is 0 Å². The molecule has 0 aromatic carbocycles. The third-order valence-electron chi connectivity index (χ3n) is 2.68. The molecule has 0 aliphatic heterocycles. The summed E-state index contributed by atoms with van der Waals surface area (Å²) in [5, 5.41) is 3.22. The molecular formula is C9H20N2. The molecule has 2 unspecified atom stereocenters. The monoisotopic (exact) mass is 156 g/mol. The first-order valence-electron chi connectivity index (χ1n) is 4.74. The van der Waals surface area contributed by atoms with E-state index >= 15 is 0 Å². The van der Waals surface area contributed by atoms with E-state index in [1.54, 1.807) is 0 Å². The molecule has 1 fully saturated rings. The van der Waals surface area contributed by atoms with Crippen molar-refractivity contribution in [1.82, 2.24) is 5.32 Å². The highest BCUT2D eigenvalue weighted by Gasteiger charge is 2.18. The molecule has 1 aliphatic rings. The van der Waals surface area contributed by atoms with E-state index in [-0.39, 0.29) is 0 Å². The lowest BCUT2D eigenvalue weighted by atomic mass is 9.96. The molecule has 0 radical (unpaired) electrons. The highest BCUT2D eigenvalue weighted by molar-refractivity contribution is 4.77. The average Bonchev–Trinajstić information content (AvgIpc) is 2.18. The summed E-state index contributed by atoms with van der Waals surface area (Å²) in [5.74, 6) is 0.725. The number of nitrogens with two attached hydrogens (primary N) is 1. The summed E-state index contributed by atoms with van der Waals surface area (Å²) in [6.45, 7) is 1.10. The topological polar surface area (TPSA) is 38.0 Å². The Morgan fingerprint density at radius 1 is 1.27 bits per heavy atom. The van der Waals surface area contributed by atoms with E-state index in [4.69, 9.17) is 5.73 Å². The SMILES string of the molecule is CNCC1CCCCCC1N. The Kier molecular flexibility index (Phi) is 3.87. The number of hydrogen-bond donors (Lipinski definition) is 2. The van der Waals surface area contributed by atoms with Crippen molar-refractivity contribution < 1.29 is 0 Å². The predicted octanol–water partition coefficient (Wildman–Crippen LogP) is 1.11. The molecular weight excluding hydrogens is 136 g/mol. The van der Waals surface area contributed by atoms with Gasteiger partial charge in [0.2, 0.25) is 0 Å². The van der Waals surface area contributed by atoms with E-state index in [0.717, 1.165) is 12.5 Å². The van der Waals surface area contributed by atoms with Gasteiger partial charge >= 0.3 is 0 Å². The summed E-state index contributed by atoms with van der Waals surface area (Å²) in [6, 6.07) is 0.449. The molecule has 1 aliphatic carbocycles. The van der Waals surface area contributed by atoms with E-state index in [1.165, 1.54) is 32.1 Å². The second-order valence-electron chi connectivity index (χ2n) is 3.62. The summed E-state index contributed by atoms with van der Waals surface area (Å²) in [7, 11) is 2.01. The summed E-state index contributed by atoms with van der Waals surface area (Å²) in [5.41, 5.74) is 6.03.